The molecule has 0 aromatic carbocycles. The maximum absolute atomic E-state index is 12.8. The fraction of sp³-hybridized carbons (Fsp3) is 0.638. The molecule has 0 fully saturated rings. The summed E-state index contributed by atoms with van der Waals surface area (Å²) in [6.07, 6.45) is 69.3. The number of unbranched alkanes of at least 4 members (excludes halogenated alkanes) is 22. The molecule has 0 rings (SSSR count). The molecular formula is C58H94O6. The molecule has 0 radical (unpaired) electrons. The van der Waals surface area contributed by atoms with E-state index in [1.54, 1.807) is 0 Å². The fourth-order valence-corrected chi connectivity index (χ4v) is 6.80. The molecule has 0 aliphatic carbocycles. The largest absolute Gasteiger partial charge is 0.462 e. The van der Waals surface area contributed by atoms with E-state index in [4.69, 9.17) is 14.2 Å². The van der Waals surface area contributed by atoms with Crippen molar-refractivity contribution < 1.29 is 28.6 Å². The SMILES string of the molecule is CC\C=C/C=C\C=C/C=C\CCCCCC(=O)OCC(COC(=O)CCCCCCC/C=C\C=C/CCCCCCCCC)OC(=O)CCCCCCCCC\C=C/C=C\C=C/CC. The molecule has 6 heteroatoms. The van der Waals surface area contributed by atoms with Gasteiger partial charge in [-0.15, -0.1) is 0 Å². The van der Waals surface area contributed by atoms with Crippen LogP contribution in [0.1, 0.15) is 220 Å². The maximum atomic E-state index is 12.8. The third kappa shape index (κ3) is 49.1. The first-order chi connectivity index (χ1) is 31.5. The lowest BCUT2D eigenvalue weighted by Crippen LogP contribution is -2.30. The molecule has 1 unspecified atom stereocenters. The monoisotopic (exact) mass is 887 g/mol. The average molecular weight is 887 g/mol. The number of esters is 3. The Morgan fingerprint density at radius 1 is 0.328 bits per heavy atom. The standard InChI is InChI=1S/C58H94O6/c1-4-7-10-13-16-19-22-25-27-28-29-31-33-36-39-42-45-48-51-57(60)63-54-55(53-62-56(59)50-47-44-41-38-35-32-24-21-18-15-12-9-6-3)64-58(61)52-49-46-43-40-37-34-30-26-23-20-17-14-11-8-5-2/h8-9,11-12,14-15,17-18,20-21,23-24,27-29,31-32,35,55H,4-7,10,13,16,19,22,25-26,30,33-34,36-54H2,1-3H3/b11-8-,12-9-,17-14-,18-15-,23-20-,24-21-,28-27-,31-29-,35-32-. The highest BCUT2D eigenvalue weighted by Crippen LogP contribution is 2.14. The summed E-state index contributed by atoms with van der Waals surface area (Å²) in [7, 11) is 0. The van der Waals surface area contributed by atoms with E-state index in [1.807, 2.05) is 36.5 Å². The van der Waals surface area contributed by atoms with Crippen LogP contribution in [0.2, 0.25) is 0 Å². The number of allylic oxidation sites excluding steroid dienone is 18. The number of hydrogen-bond acceptors (Lipinski definition) is 6. The summed E-state index contributed by atoms with van der Waals surface area (Å²) in [6, 6.07) is 0. The van der Waals surface area contributed by atoms with Gasteiger partial charge < -0.3 is 14.2 Å². The van der Waals surface area contributed by atoms with Crippen LogP contribution in [0.5, 0.6) is 0 Å². The van der Waals surface area contributed by atoms with E-state index >= 15 is 0 Å². The fourth-order valence-electron chi connectivity index (χ4n) is 6.80. The summed E-state index contributed by atoms with van der Waals surface area (Å²) in [5.74, 6) is -0.977. The molecule has 6 nitrogen and oxygen atoms in total. The van der Waals surface area contributed by atoms with Crippen molar-refractivity contribution in [3.05, 3.63) is 109 Å². The van der Waals surface area contributed by atoms with Crippen molar-refractivity contribution in [1.82, 2.24) is 0 Å². The van der Waals surface area contributed by atoms with Crippen molar-refractivity contribution in [3.63, 3.8) is 0 Å². The lowest BCUT2D eigenvalue weighted by Gasteiger charge is -2.18. The van der Waals surface area contributed by atoms with Gasteiger partial charge in [-0.1, -0.05) is 226 Å². The number of ether oxygens (including phenoxy) is 3. The van der Waals surface area contributed by atoms with E-state index < -0.39 is 6.10 Å². The Balaban J connectivity index is 4.48. The van der Waals surface area contributed by atoms with Crippen molar-refractivity contribution >= 4 is 17.9 Å². The Morgan fingerprint density at radius 2 is 0.609 bits per heavy atom. The lowest BCUT2D eigenvalue weighted by atomic mass is 10.1. The van der Waals surface area contributed by atoms with E-state index in [1.165, 1.54) is 70.6 Å². The highest BCUT2D eigenvalue weighted by molar-refractivity contribution is 5.71. The van der Waals surface area contributed by atoms with Crippen molar-refractivity contribution in [3.8, 4) is 0 Å². The van der Waals surface area contributed by atoms with Gasteiger partial charge in [0.25, 0.3) is 0 Å². The van der Waals surface area contributed by atoms with Crippen LogP contribution in [0.15, 0.2) is 109 Å². The Bertz CT molecular complexity index is 1340. The molecular weight excluding hydrogens is 793 g/mol. The van der Waals surface area contributed by atoms with Crippen LogP contribution < -0.4 is 0 Å². The first-order valence-electron chi connectivity index (χ1n) is 26.0. The minimum atomic E-state index is -0.809. The molecule has 64 heavy (non-hydrogen) atoms. The highest BCUT2D eigenvalue weighted by atomic mass is 16.6. The molecule has 1 atom stereocenters. The van der Waals surface area contributed by atoms with E-state index in [-0.39, 0.29) is 31.1 Å². The summed E-state index contributed by atoms with van der Waals surface area (Å²) in [6.45, 7) is 6.29. The van der Waals surface area contributed by atoms with Crippen LogP contribution in [0.4, 0.5) is 0 Å². The summed E-state index contributed by atoms with van der Waals surface area (Å²) in [5, 5.41) is 0. The van der Waals surface area contributed by atoms with Gasteiger partial charge in [0.1, 0.15) is 13.2 Å². The highest BCUT2D eigenvalue weighted by Gasteiger charge is 2.19. The van der Waals surface area contributed by atoms with Gasteiger partial charge in [0.05, 0.1) is 0 Å². The average Bonchev–Trinajstić information content (AvgIpc) is 3.29. The zero-order chi connectivity index (χ0) is 46.5. The minimum absolute atomic E-state index is 0.106. The molecule has 0 aromatic heterocycles. The van der Waals surface area contributed by atoms with Crippen LogP contribution in [-0.4, -0.2) is 37.2 Å². The molecule has 0 heterocycles. The lowest BCUT2D eigenvalue weighted by molar-refractivity contribution is -0.167. The topological polar surface area (TPSA) is 78.9 Å². The van der Waals surface area contributed by atoms with E-state index in [0.29, 0.717) is 19.3 Å². The first kappa shape index (κ1) is 60.1. The second-order valence-electron chi connectivity index (χ2n) is 16.8. The number of carbonyl (C=O) groups excluding carboxylic acids is 3. The quantitative estimate of drug-likeness (QED) is 0.0262. The van der Waals surface area contributed by atoms with Gasteiger partial charge in [-0.2, -0.15) is 0 Å². The summed E-state index contributed by atoms with van der Waals surface area (Å²) < 4.78 is 16.7. The zero-order valence-corrected chi connectivity index (χ0v) is 41.3. The van der Waals surface area contributed by atoms with Gasteiger partial charge in [-0.3, -0.25) is 14.4 Å². The van der Waals surface area contributed by atoms with Gasteiger partial charge >= 0.3 is 17.9 Å². The van der Waals surface area contributed by atoms with E-state index in [9.17, 15) is 14.4 Å². The minimum Gasteiger partial charge on any atom is -0.462 e. The van der Waals surface area contributed by atoms with Crippen LogP contribution in [0.25, 0.3) is 0 Å². The molecule has 0 aliphatic rings. The second kappa shape index (κ2) is 51.7. The molecule has 362 valence electrons. The van der Waals surface area contributed by atoms with Gasteiger partial charge in [0, 0.05) is 19.3 Å². The smallest absolute Gasteiger partial charge is 0.306 e. The molecule has 0 aliphatic heterocycles. The Labute approximate surface area is 393 Å². The zero-order valence-electron chi connectivity index (χ0n) is 41.3. The van der Waals surface area contributed by atoms with Crippen LogP contribution >= 0.6 is 0 Å². The van der Waals surface area contributed by atoms with Gasteiger partial charge in [-0.25, -0.2) is 0 Å². The normalized spacial score (nSPS) is 13.0. The van der Waals surface area contributed by atoms with Gasteiger partial charge in [-0.05, 0) is 83.5 Å². The van der Waals surface area contributed by atoms with Crippen molar-refractivity contribution in [1.29, 1.82) is 0 Å². The van der Waals surface area contributed by atoms with Crippen molar-refractivity contribution in [2.24, 2.45) is 0 Å². The maximum Gasteiger partial charge on any atom is 0.306 e. The molecule has 0 aromatic rings. The Hall–Kier alpha value is -3.93. The second-order valence-corrected chi connectivity index (χ2v) is 16.8. The molecule has 0 saturated heterocycles. The van der Waals surface area contributed by atoms with E-state index in [2.05, 4.69) is 93.7 Å². The number of hydrogen-bond donors (Lipinski definition) is 0. The van der Waals surface area contributed by atoms with Gasteiger partial charge in [0.15, 0.2) is 6.10 Å². The predicted molar refractivity (Wildman–Crippen MR) is 274 cm³/mol. The molecule has 0 N–H and O–H groups in total. The number of rotatable bonds is 45. The van der Waals surface area contributed by atoms with Crippen LogP contribution in [-0.2, 0) is 28.6 Å². The number of carbonyl (C=O) groups is 3. The third-order valence-corrected chi connectivity index (χ3v) is 10.7. The molecule has 0 amide bonds. The van der Waals surface area contributed by atoms with Crippen LogP contribution in [0.3, 0.4) is 0 Å². The van der Waals surface area contributed by atoms with Crippen LogP contribution in [0, 0.1) is 0 Å². The van der Waals surface area contributed by atoms with Crippen molar-refractivity contribution in [2.45, 2.75) is 226 Å². The Morgan fingerprint density at radius 3 is 0.984 bits per heavy atom. The first-order valence-corrected chi connectivity index (χ1v) is 26.0. The summed E-state index contributed by atoms with van der Waals surface area (Å²) >= 11 is 0. The van der Waals surface area contributed by atoms with Gasteiger partial charge in [0.2, 0.25) is 0 Å². The summed E-state index contributed by atoms with van der Waals surface area (Å²) in [4.78, 5) is 38.0. The molecule has 0 spiro atoms. The molecule has 0 bridgehead atoms. The van der Waals surface area contributed by atoms with Crippen molar-refractivity contribution in [2.75, 3.05) is 13.2 Å². The molecule has 0 saturated carbocycles. The summed E-state index contributed by atoms with van der Waals surface area (Å²) in [5.41, 5.74) is 0. The Kier molecular flexibility index (Phi) is 48.5. The van der Waals surface area contributed by atoms with E-state index in [0.717, 1.165) is 109 Å². The predicted octanol–water partition coefficient (Wildman–Crippen LogP) is 17.1. The third-order valence-electron chi connectivity index (χ3n) is 10.7.